The van der Waals surface area contributed by atoms with Gasteiger partial charge in [0.25, 0.3) is 0 Å². The van der Waals surface area contributed by atoms with Crippen LogP contribution in [0.1, 0.15) is 31.1 Å². The van der Waals surface area contributed by atoms with Crippen LogP contribution in [0.3, 0.4) is 0 Å². The minimum Gasteiger partial charge on any atom is -0.468 e. The van der Waals surface area contributed by atoms with E-state index >= 15 is 0 Å². The van der Waals surface area contributed by atoms with Gasteiger partial charge in [0.05, 0.1) is 12.3 Å². The van der Waals surface area contributed by atoms with E-state index in [0.717, 1.165) is 24.9 Å². The van der Waals surface area contributed by atoms with Gasteiger partial charge in [-0.05, 0) is 44.5 Å². The molecular weight excluding hydrogens is 226 g/mol. The van der Waals surface area contributed by atoms with E-state index in [1.165, 1.54) is 32.4 Å². The summed E-state index contributed by atoms with van der Waals surface area (Å²) in [6.07, 6.45) is 5.76. The summed E-state index contributed by atoms with van der Waals surface area (Å²) >= 11 is 0. The smallest absolute Gasteiger partial charge is 0.122 e. The Morgan fingerprint density at radius 3 is 2.83 bits per heavy atom. The zero-order chi connectivity index (χ0) is 12.4. The molecule has 2 aliphatic heterocycles. The van der Waals surface area contributed by atoms with Crippen molar-refractivity contribution in [2.45, 2.75) is 31.3 Å². The minimum atomic E-state index is 0.257. The first kappa shape index (κ1) is 12.2. The van der Waals surface area contributed by atoms with Crippen molar-refractivity contribution in [2.75, 3.05) is 32.7 Å². The van der Waals surface area contributed by atoms with E-state index in [9.17, 15) is 0 Å². The van der Waals surface area contributed by atoms with Crippen molar-refractivity contribution < 1.29 is 4.42 Å². The van der Waals surface area contributed by atoms with Crippen molar-refractivity contribution in [1.29, 1.82) is 0 Å². The number of nitrogens with two attached hydrogens (primary N) is 1. The molecular formula is C14H23N3O. The van der Waals surface area contributed by atoms with Crippen LogP contribution >= 0.6 is 0 Å². The lowest BCUT2D eigenvalue weighted by Gasteiger charge is -2.27. The van der Waals surface area contributed by atoms with Crippen LogP contribution in [0.5, 0.6) is 0 Å². The van der Waals surface area contributed by atoms with Crippen LogP contribution in [0.2, 0.25) is 0 Å². The zero-order valence-electron chi connectivity index (χ0n) is 10.9. The Morgan fingerprint density at radius 2 is 2.17 bits per heavy atom. The third-order valence-electron chi connectivity index (χ3n) is 4.39. The second-order valence-corrected chi connectivity index (χ2v) is 5.45. The third-order valence-corrected chi connectivity index (χ3v) is 4.39. The molecule has 0 spiro atoms. The molecule has 0 radical (unpaired) electrons. The van der Waals surface area contributed by atoms with Crippen molar-refractivity contribution in [3.63, 3.8) is 0 Å². The molecule has 0 bridgehead atoms. The van der Waals surface area contributed by atoms with E-state index in [-0.39, 0.29) is 6.04 Å². The normalized spacial score (nSPS) is 27.9. The van der Waals surface area contributed by atoms with Gasteiger partial charge in [0.2, 0.25) is 0 Å². The molecule has 2 aliphatic rings. The van der Waals surface area contributed by atoms with Crippen molar-refractivity contribution in [3.05, 3.63) is 24.2 Å². The monoisotopic (exact) mass is 249 g/mol. The summed E-state index contributed by atoms with van der Waals surface area (Å²) in [5, 5.41) is 0. The third kappa shape index (κ3) is 2.32. The molecule has 2 N–H and O–H groups in total. The largest absolute Gasteiger partial charge is 0.468 e. The average Bonchev–Trinajstić information content (AvgIpc) is 3.13. The zero-order valence-corrected chi connectivity index (χ0v) is 10.9. The first-order chi connectivity index (χ1) is 8.88. The Bertz CT molecular complexity index is 359. The van der Waals surface area contributed by atoms with Gasteiger partial charge in [0, 0.05) is 25.7 Å². The molecule has 100 valence electrons. The Hall–Kier alpha value is -0.840. The van der Waals surface area contributed by atoms with Crippen molar-refractivity contribution in [3.8, 4) is 0 Å². The summed E-state index contributed by atoms with van der Waals surface area (Å²) in [6.45, 7) is 5.49. The minimum absolute atomic E-state index is 0.257. The van der Waals surface area contributed by atoms with Crippen LogP contribution in [-0.2, 0) is 0 Å². The summed E-state index contributed by atoms with van der Waals surface area (Å²) in [4.78, 5) is 5.14. The fraction of sp³-hybridized carbons (Fsp3) is 0.714. The second-order valence-electron chi connectivity index (χ2n) is 5.45. The fourth-order valence-corrected chi connectivity index (χ4v) is 3.38. The van der Waals surface area contributed by atoms with E-state index in [1.807, 2.05) is 12.1 Å². The maximum Gasteiger partial charge on any atom is 0.122 e. The van der Waals surface area contributed by atoms with E-state index in [0.29, 0.717) is 6.54 Å². The van der Waals surface area contributed by atoms with Gasteiger partial charge in [-0.3, -0.25) is 9.80 Å². The summed E-state index contributed by atoms with van der Waals surface area (Å²) in [5.41, 5.74) is 5.93. The molecule has 4 nitrogen and oxygen atoms in total. The molecule has 2 unspecified atom stereocenters. The quantitative estimate of drug-likeness (QED) is 0.877. The Kier molecular flexibility index (Phi) is 3.68. The predicted molar refractivity (Wildman–Crippen MR) is 71.3 cm³/mol. The molecule has 3 heterocycles. The van der Waals surface area contributed by atoms with Gasteiger partial charge in [0.15, 0.2) is 0 Å². The second kappa shape index (κ2) is 5.43. The number of nitrogens with zero attached hydrogens (tertiary/aromatic N) is 2. The van der Waals surface area contributed by atoms with E-state index in [1.54, 1.807) is 6.26 Å². The maximum atomic E-state index is 5.93. The molecule has 4 heteroatoms. The van der Waals surface area contributed by atoms with Crippen molar-refractivity contribution in [2.24, 2.45) is 5.73 Å². The molecule has 0 amide bonds. The predicted octanol–water partition coefficient (Wildman–Crippen LogP) is 1.45. The summed E-state index contributed by atoms with van der Waals surface area (Å²) in [5.74, 6) is 1.01. The van der Waals surface area contributed by atoms with Crippen LogP contribution < -0.4 is 5.73 Å². The highest BCUT2D eigenvalue weighted by Gasteiger charge is 2.33. The number of rotatable bonds is 4. The van der Waals surface area contributed by atoms with Gasteiger partial charge in [-0.15, -0.1) is 0 Å². The van der Waals surface area contributed by atoms with Crippen molar-refractivity contribution >= 4 is 0 Å². The Labute approximate surface area is 109 Å². The van der Waals surface area contributed by atoms with Crippen LogP contribution in [0, 0.1) is 0 Å². The number of furan rings is 1. The standard InChI is InChI=1S/C14H23N3O/c15-10-13(14-4-3-9-18-14)17-8-5-12(11-17)16-6-1-2-7-16/h3-4,9,12-13H,1-2,5-8,10-11,15H2. The average molecular weight is 249 g/mol. The van der Waals surface area contributed by atoms with E-state index in [2.05, 4.69) is 9.80 Å². The van der Waals surface area contributed by atoms with Gasteiger partial charge >= 0.3 is 0 Å². The molecule has 1 aromatic heterocycles. The lowest BCUT2D eigenvalue weighted by Crippen LogP contribution is -2.37. The number of hydrogen-bond acceptors (Lipinski definition) is 4. The summed E-state index contributed by atoms with van der Waals surface area (Å²) in [7, 11) is 0. The molecule has 1 aromatic rings. The molecule has 0 aliphatic carbocycles. The highest BCUT2D eigenvalue weighted by molar-refractivity contribution is 5.06. The number of likely N-dealkylation sites (tertiary alicyclic amines) is 2. The maximum absolute atomic E-state index is 5.93. The lowest BCUT2D eigenvalue weighted by atomic mass is 10.2. The van der Waals surface area contributed by atoms with Crippen molar-refractivity contribution in [1.82, 2.24) is 9.80 Å². The Morgan fingerprint density at radius 1 is 1.33 bits per heavy atom. The van der Waals surface area contributed by atoms with Gasteiger partial charge in [-0.1, -0.05) is 0 Å². The fourth-order valence-electron chi connectivity index (χ4n) is 3.38. The molecule has 3 rings (SSSR count). The van der Waals surface area contributed by atoms with E-state index < -0.39 is 0 Å². The van der Waals surface area contributed by atoms with Gasteiger partial charge in [0.1, 0.15) is 5.76 Å². The molecule has 0 saturated carbocycles. The summed E-state index contributed by atoms with van der Waals surface area (Å²) < 4.78 is 5.52. The molecule has 0 aromatic carbocycles. The molecule has 18 heavy (non-hydrogen) atoms. The van der Waals surface area contributed by atoms with E-state index in [4.69, 9.17) is 10.2 Å². The van der Waals surface area contributed by atoms with Gasteiger partial charge in [-0.2, -0.15) is 0 Å². The topological polar surface area (TPSA) is 45.6 Å². The SMILES string of the molecule is NCC(c1ccco1)N1CCC(N2CCCC2)C1. The molecule has 2 fully saturated rings. The van der Waals surface area contributed by atoms with Gasteiger partial charge < -0.3 is 10.2 Å². The first-order valence-corrected chi connectivity index (χ1v) is 7.10. The van der Waals surface area contributed by atoms with Crippen LogP contribution in [0.15, 0.2) is 22.8 Å². The molecule has 2 saturated heterocycles. The highest BCUT2D eigenvalue weighted by Crippen LogP contribution is 2.28. The Balaban J connectivity index is 1.63. The first-order valence-electron chi connectivity index (χ1n) is 7.10. The molecule has 2 atom stereocenters. The van der Waals surface area contributed by atoms with Crippen LogP contribution in [0.4, 0.5) is 0 Å². The van der Waals surface area contributed by atoms with Gasteiger partial charge in [-0.25, -0.2) is 0 Å². The summed E-state index contributed by atoms with van der Waals surface area (Å²) in [6, 6.07) is 4.98. The lowest BCUT2D eigenvalue weighted by molar-refractivity contribution is 0.187. The number of hydrogen-bond donors (Lipinski definition) is 1. The highest BCUT2D eigenvalue weighted by atomic mass is 16.3. The van der Waals surface area contributed by atoms with Crippen LogP contribution in [0.25, 0.3) is 0 Å². The van der Waals surface area contributed by atoms with Crippen LogP contribution in [-0.4, -0.2) is 48.6 Å².